The van der Waals surface area contributed by atoms with Crippen LogP contribution in [0.25, 0.3) is 11.1 Å². The largest absolute Gasteiger partial charge is 0.465 e. The number of anilines is 2. The smallest absolute Gasteiger partial charge is 0.341 e. The van der Waals surface area contributed by atoms with Gasteiger partial charge in [-0.15, -0.1) is 22.7 Å². The molecule has 0 amide bonds. The van der Waals surface area contributed by atoms with Crippen molar-refractivity contribution in [3.63, 3.8) is 0 Å². The number of aryl methyl sites for hydroxylation is 3. The standard InChI is InChI=1S/C21H21N3O2S3/c1-12-16(13-8-4-3-5-9-13)17(19(25)26-2)18(28-12)23-20(27)24-21-22-14-10-6-7-11-15(14)29-21/h3-5,8-9H,6-7,10-11H2,1-2H3,(H2,22,23,24,27). The van der Waals surface area contributed by atoms with Crippen LogP contribution in [-0.4, -0.2) is 23.2 Å². The Morgan fingerprint density at radius 3 is 2.62 bits per heavy atom. The van der Waals surface area contributed by atoms with Gasteiger partial charge in [-0.05, 0) is 50.4 Å². The van der Waals surface area contributed by atoms with Crippen molar-refractivity contribution in [2.75, 3.05) is 17.7 Å². The van der Waals surface area contributed by atoms with E-state index in [1.54, 1.807) is 11.3 Å². The van der Waals surface area contributed by atoms with Crippen molar-refractivity contribution < 1.29 is 9.53 Å². The predicted molar refractivity (Wildman–Crippen MR) is 124 cm³/mol. The van der Waals surface area contributed by atoms with Crippen molar-refractivity contribution in [1.82, 2.24) is 4.98 Å². The summed E-state index contributed by atoms with van der Waals surface area (Å²) < 4.78 is 5.06. The molecule has 1 aliphatic carbocycles. The first-order valence-corrected chi connectivity index (χ1v) is 11.4. The number of nitrogens with zero attached hydrogens (tertiary/aromatic N) is 1. The lowest BCUT2D eigenvalue weighted by molar-refractivity contribution is 0.0603. The second kappa shape index (κ2) is 8.61. The maximum Gasteiger partial charge on any atom is 0.341 e. The van der Waals surface area contributed by atoms with E-state index in [0.29, 0.717) is 15.7 Å². The molecular weight excluding hydrogens is 422 g/mol. The topological polar surface area (TPSA) is 63.2 Å². The number of benzene rings is 1. The van der Waals surface area contributed by atoms with Crippen LogP contribution in [0.5, 0.6) is 0 Å². The van der Waals surface area contributed by atoms with E-state index >= 15 is 0 Å². The van der Waals surface area contributed by atoms with E-state index in [-0.39, 0.29) is 5.97 Å². The summed E-state index contributed by atoms with van der Waals surface area (Å²) in [6, 6.07) is 9.84. The number of thiocarbonyl (C=S) groups is 1. The molecule has 150 valence electrons. The molecule has 29 heavy (non-hydrogen) atoms. The summed E-state index contributed by atoms with van der Waals surface area (Å²) in [5.74, 6) is -0.386. The molecule has 0 fully saturated rings. The molecule has 0 aliphatic heterocycles. The Morgan fingerprint density at radius 1 is 1.14 bits per heavy atom. The number of esters is 1. The molecule has 0 bridgehead atoms. The zero-order valence-corrected chi connectivity index (χ0v) is 18.7. The second-order valence-electron chi connectivity index (χ2n) is 6.77. The highest BCUT2D eigenvalue weighted by Crippen LogP contribution is 2.40. The Labute approximate surface area is 183 Å². The third-order valence-electron chi connectivity index (χ3n) is 4.83. The fraction of sp³-hybridized carbons (Fsp3) is 0.286. The molecule has 0 spiro atoms. The minimum atomic E-state index is -0.386. The summed E-state index contributed by atoms with van der Waals surface area (Å²) in [5, 5.41) is 8.26. The van der Waals surface area contributed by atoms with Crippen LogP contribution in [0.15, 0.2) is 30.3 Å². The molecule has 0 atom stereocenters. The van der Waals surface area contributed by atoms with Crippen LogP contribution >= 0.6 is 34.9 Å². The molecule has 0 radical (unpaired) electrons. The molecule has 3 aromatic rings. The van der Waals surface area contributed by atoms with E-state index in [1.165, 1.54) is 41.9 Å². The highest BCUT2D eigenvalue weighted by Gasteiger charge is 2.25. The van der Waals surface area contributed by atoms with Crippen LogP contribution in [0, 0.1) is 6.92 Å². The van der Waals surface area contributed by atoms with Gasteiger partial charge in [0.1, 0.15) is 10.6 Å². The molecule has 0 saturated heterocycles. The van der Waals surface area contributed by atoms with Crippen LogP contribution in [0.2, 0.25) is 0 Å². The second-order valence-corrected chi connectivity index (χ2v) is 9.49. The van der Waals surface area contributed by atoms with E-state index in [1.807, 2.05) is 37.3 Å². The Balaban J connectivity index is 1.60. The molecule has 4 rings (SSSR count). The van der Waals surface area contributed by atoms with Gasteiger partial charge in [0.25, 0.3) is 0 Å². The lowest BCUT2D eigenvalue weighted by Gasteiger charge is -2.10. The average molecular weight is 444 g/mol. The summed E-state index contributed by atoms with van der Waals surface area (Å²) in [5.41, 5.74) is 3.53. The van der Waals surface area contributed by atoms with Gasteiger partial charge in [-0.3, -0.25) is 0 Å². The van der Waals surface area contributed by atoms with Gasteiger partial charge in [-0.2, -0.15) is 0 Å². The summed E-state index contributed by atoms with van der Waals surface area (Å²) in [4.78, 5) is 19.6. The number of ether oxygens (including phenoxy) is 1. The number of thiophene rings is 1. The summed E-state index contributed by atoms with van der Waals surface area (Å²) in [7, 11) is 1.39. The zero-order valence-electron chi connectivity index (χ0n) is 16.2. The Kier molecular flexibility index (Phi) is 5.94. The highest BCUT2D eigenvalue weighted by molar-refractivity contribution is 7.80. The molecule has 0 saturated carbocycles. The summed E-state index contributed by atoms with van der Waals surface area (Å²) in [6.07, 6.45) is 4.53. The summed E-state index contributed by atoms with van der Waals surface area (Å²) >= 11 is 8.66. The van der Waals surface area contributed by atoms with Crippen molar-refractivity contribution >= 4 is 56.1 Å². The third-order valence-corrected chi connectivity index (χ3v) is 7.13. The van der Waals surface area contributed by atoms with Crippen LogP contribution in [0.1, 0.15) is 38.6 Å². The zero-order chi connectivity index (χ0) is 20.4. The number of rotatable bonds is 4. The number of thiazole rings is 1. The fourth-order valence-electron chi connectivity index (χ4n) is 3.52. The number of hydrogen-bond acceptors (Lipinski definition) is 6. The van der Waals surface area contributed by atoms with Gasteiger partial charge < -0.3 is 15.4 Å². The highest BCUT2D eigenvalue weighted by atomic mass is 32.1. The number of nitrogens with one attached hydrogen (secondary N) is 2. The molecule has 1 aromatic carbocycles. The van der Waals surface area contributed by atoms with Crippen molar-refractivity contribution in [2.24, 2.45) is 0 Å². The predicted octanol–water partition coefficient (Wildman–Crippen LogP) is 5.65. The van der Waals surface area contributed by atoms with Crippen LogP contribution in [-0.2, 0) is 17.6 Å². The molecule has 2 heterocycles. The van der Waals surface area contributed by atoms with Crippen LogP contribution in [0.4, 0.5) is 10.1 Å². The first-order chi connectivity index (χ1) is 14.1. The molecule has 2 N–H and O–H groups in total. The van der Waals surface area contributed by atoms with Gasteiger partial charge >= 0.3 is 5.97 Å². The number of fused-ring (bicyclic) bond motifs is 1. The number of aromatic nitrogens is 1. The summed E-state index contributed by atoms with van der Waals surface area (Å²) in [6.45, 7) is 2.00. The molecule has 2 aromatic heterocycles. The molecular formula is C21H21N3O2S3. The maximum atomic E-state index is 12.6. The fourth-order valence-corrected chi connectivity index (χ4v) is 5.97. The van der Waals surface area contributed by atoms with E-state index in [4.69, 9.17) is 17.0 Å². The van der Waals surface area contributed by atoms with Gasteiger partial charge in [-0.25, -0.2) is 9.78 Å². The van der Waals surface area contributed by atoms with Crippen LogP contribution < -0.4 is 10.6 Å². The normalized spacial score (nSPS) is 12.9. The van der Waals surface area contributed by atoms with Crippen LogP contribution in [0.3, 0.4) is 0 Å². The van der Waals surface area contributed by atoms with E-state index < -0.39 is 0 Å². The molecule has 0 unspecified atom stereocenters. The lowest BCUT2D eigenvalue weighted by atomic mass is 10.0. The molecule has 8 heteroatoms. The minimum Gasteiger partial charge on any atom is -0.465 e. The number of methoxy groups -OCH3 is 1. The first kappa shape index (κ1) is 20.0. The van der Waals surface area contributed by atoms with Crippen molar-refractivity contribution in [3.05, 3.63) is 51.3 Å². The Morgan fingerprint density at radius 2 is 1.90 bits per heavy atom. The lowest BCUT2D eigenvalue weighted by Crippen LogP contribution is -2.20. The monoisotopic (exact) mass is 443 g/mol. The van der Waals surface area contributed by atoms with Gasteiger partial charge in [0, 0.05) is 15.3 Å². The molecule has 5 nitrogen and oxygen atoms in total. The SMILES string of the molecule is COC(=O)c1c(NC(=S)Nc2nc3c(s2)CCCC3)sc(C)c1-c1ccccc1. The minimum absolute atomic E-state index is 0.386. The Hall–Kier alpha value is -2.29. The third kappa shape index (κ3) is 4.19. The first-order valence-electron chi connectivity index (χ1n) is 9.40. The quantitative estimate of drug-likeness (QED) is 0.401. The van der Waals surface area contributed by atoms with Gasteiger partial charge in [0.15, 0.2) is 10.2 Å². The van der Waals surface area contributed by atoms with Gasteiger partial charge in [-0.1, -0.05) is 30.3 Å². The van der Waals surface area contributed by atoms with E-state index in [9.17, 15) is 4.79 Å². The van der Waals surface area contributed by atoms with Crippen molar-refractivity contribution in [1.29, 1.82) is 0 Å². The van der Waals surface area contributed by atoms with Crippen molar-refractivity contribution in [2.45, 2.75) is 32.6 Å². The van der Waals surface area contributed by atoms with Gasteiger partial charge in [0.05, 0.1) is 12.8 Å². The Bertz CT molecular complexity index is 1030. The number of hydrogen-bond donors (Lipinski definition) is 2. The number of carbonyl (C=O) groups is 1. The van der Waals surface area contributed by atoms with Gasteiger partial charge in [0.2, 0.25) is 0 Å². The average Bonchev–Trinajstić information content (AvgIpc) is 3.27. The van der Waals surface area contributed by atoms with E-state index in [2.05, 4.69) is 15.6 Å². The molecule has 1 aliphatic rings. The maximum absolute atomic E-state index is 12.6. The number of carbonyl (C=O) groups excluding carboxylic acids is 1. The van der Waals surface area contributed by atoms with E-state index in [0.717, 1.165) is 34.0 Å². The van der Waals surface area contributed by atoms with Crippen molar-refractivity contribution in [3.8, 4) is 11.1 Å².